The number of nitrogens with zero attached hydrogens (tertiary/aromatic N) is 2. The van der Waals surface area contributed by atoms with Crippen LogP contribution in [0.2, 0.25) is 0 Å². The molecule has 8 nitrogen and oxygen atoms in total. The van der Waals surface area contributed by atoms with Crippen molar-refractivity contribution in [2.75, 3.05) is 27.2 Å². The Kier molecular flexibility index (Phi) is 12.5. The van der Waals surface area contributed by atoms with E-state index in [1.807, 2.05) is 11.8 Å². The second-order valence-electron chi connectivity index (χ2n) is 9.10. The second kappa shape index (κ2) is 14.2. The van der Waals surface area contributed by atoms with Crippen molar-refractivity contribution in [3.05, 3.63) is 0 Å². The highest BCUT2D eigenvalue weighted by Crippen LogP contribution is 2.30. The summed E-state index contributed by atoms with van der Waals surface area (Å²) in [5.74, 6) is -0.195. The number of nitrogens with one attached hydrogen (secondary N) is 1. The molecule has 6 atom stereocenters. The molecule has 1 aliphatic rings. The van der Waals surface area contributed by atoms with E-state index < -0.39 is 0 Å². The predicted octanol–water partition coefficient (Wildman–Crippen LogP) is 2.25. The van der Waals surface area contributed by atoms with Gasteiger partial charge in [-0.25, -0.2) is 0 Å². The molecule has 32 heavy (non-hydrogen) atoms. The van der Waals surface area contributed by atoms with E-state index >= 15 is 0 Å². The Bertz CT molecular complexity index is 614. The number of amides is 3. The maximum atomic E-state index is 13.5. The Morgan fingerprint density at radius 2 is 1.88 bits per heavy atom. The van der Waals surface area contributed by atoms with E-state index in [-0.39, 0.29) is 54.3 Å². The van der Waals surface area contributed by atoms with E-state index in [2.05, 4.69) is 26.1 Å². The number of carbonyl (C=O) groups excluding carboxylic acids is 4. The van der Waals surface area contributed by atoms with Crippen LogP contribution in [0.25, 0.3) is 0 Å². The van der Waals surface area contributed by atoms with Crippen LogP contribution in [0.1, 0.15) is 66.2 Å². The number of hydrogen-bond donors (Lipinski definition) is 1. The Balaban J connectivity index is 3.07. The van der Waals surface area contributed by atoms with Crippen molar-refractivity contribution >= 4 is 24.5 Å². The predicted molar refractivity (Wildman–Crippen MR) is 124 cm³/mol. The number of likely N-dealkylation sites (tertiary alicyclic amines) is 1. The van der Waals surface area contributed by atoms with E-state index in [0.29, 0.717) is 19.4 Å². The Morgan fingerprint density at radius 3 is 2.41 bits per heavy atom. The van der Waals surface area contributed by atoms with Gasteiger partial charge in [-0.05, 0) is 31.1 Å². The van der Waals surface area contributed by atoms with Crippen molar-refractivity contribution in [1.29, 1.82) is 0 Å². The lowest BCUT2D eigenvalue weighted by Crippen LogP contribution is -2.54. The van der Waals surface area contributed by atoms with Crippen molar-refractivity contribution in [2.45, 2.75) is 84.4 Å². The minimum atomic E-state index is -0.319. The van der Waals surface area contributed by atoms with E-state index in [1.54, 1.807) is 19.1 Å². The second-order valence-corrected chi connectivity index (χ2v) is 9.10. The maximum absolute atomic E-state index is 13.5. The van der Waals surface area contributed by atoms with E-state index in [4.69, 9.17) is 4.74 Å². The molecule has 0 spiro atoms. The first kappa shape index (κ1) is 28.1. The molecule has 1 heterocycles. The molecule has 1 N–H and O–H groups in total. The summed E-state index contributed by atoms with van der Waals surface area (Å²) in [7, 11) is 3.36. The molecule has 0 bridgehead atoms. The first-order valence-electron chi connectivity index (χ1n) is 12.0. The summed E-state index contributed by atoms with van der Waals surface area (Å²) in [6, 6.07) is -0.220. The largest absolute Gasteiger partial charge is 0.379 e. The molecule has 0 aromatic carbocycles. The quantitative estimate of drug-likeness (QED) is 0.407. The fourth-order valence-corrected chi connectivity index (χ4v) is 5.08. The van der Waals surface area contributed by atoms with Crippen molar-refractivity contribution in [2.24, 2.45) is 17.8 Å². The van der Waals surface area contributed by atoms with Gasteiger partial charge in [-0.1, -0.05) is 40.5 Å². The Hall–Kier alpha value is -1.96. The van der Waals surface area contributed by atoms with Crippen LogP contribution in [0.4, 0.5) is 0 Å². The van der Waals surface area contributed by atoms with Crippen LogP contribution in [0, 0.1) is 17.8 Å². The van der Waals surface area contributed by atoms with Crippen molar-refractivity contribution in [3.63, 3.8) is 0 Å². The van der Waals surface area contributed by atoms with Crippen LogP contribution in [0.5, 0.6) is 0 Å². The molecular formula is C24H43N3O5. The monoisotopic (exact) mass is 453 g/mol. The Morgan fingerprint density at radius 1 is 1.19 bits per heavy atom. The standard InChI is InChI=1S/C24H43N3O5/c1-7-17(3)23(26(5)22(31)14-25-16-29)19(8-2)13-21(30)27-12-10-9-11-20(27)24(32-6)18(4)15-28/h15-20,23-24H,7-14H2,1-6H3,(H,25,29). The zero-order valence-corrected chi connectivity index (χ0v) is 20.7. The van der Waals surface area contributed by atoms with Gasteiger partial charge in [0, 0.05) is 39.1 Å². The first-order chi connectivity index (χ1) is 15.3. The molecule has 1 aliphatic heterocycles. The van der Waals surface area contributed by atoms with Gasteiger partial charge in [0.05, 0.1) is 18.7 Å². The molecule has 184 valence electrons. The maximum Gasteiger partial charge on any atom is 0.241 e. The molecule has 1 rings (SSSR count). The number of ether oxygens (including phenoxy) is 1. The number of aldehydes is 1. The van der Waals surface area contributed by atoms with E-state index in [1.165, 1.54) is 0 Å². The van der Waals surface area contributed by atoms with E-state index in [9.17, 15) is 19.2 Å². The molecule has 6 unspecified atom stereocenters. The highest BCUT2D eigenvalue weighted by atomic mass is 16.5. The average molecular weight is 454 g/mol. The number of likely N-dealkylation sites (N-methyl/N-ethyl adjacent to an activating group) is 1. The molecule has 3 amide bonds. The molecule has 1 fully saturated rings. The SMILES string of the molecule is CCC(C)C(C(CC)CC(=O)N1CCCCC1C(OC)C(C)C=O)N(C)C(=O)CNC=O. The minimum Gasteiger partial charge on any atom is -0.379 e. The summed E-state index contributed by atoms with van der Waals surface area (Å²) in [5.41, 5.74) is 0. The van der Waals surface area contributed by atoms with Gasteiger partial charge in [-0.3, -0.25) is 14.4 Å². The molecule has 0 aromatic rings. The zero-order valence-electron chi connectivity index (χ0n) is 20.7. The lowest BCUT2D eigenvalue weighted by molar-refractivity contribution is -0.144. The molecular weight excluding hydrogens is 410 g/mol. The number of piperidine rings is 1. The van der Waals surface area contributed by atoms with Crippen LogP contribution in [-0.2, 0) is 23.9 Å². The van der Waals surface area contributed by atoms with Gasteiger partial charge in [0.25, 0.3) is 0 Å². The van der Waals surface area contributed by atoms with Gasteiger partial charge in [0.1, 0.15) is 6.29 Å². The van der Waals surface area contributed by atoms with Crippen molar-refractivity contribution < 1.29 is 23.9 Å². The third kappa shape index (κ3) is 7.29. The summed E-state index contributed by atoms with van der Waals surface area (Å²) in [5, 5.41) is 2.44. The van der Waals surface area contributed by atoms with Gasteiger partial charge in [-0.2, -0.15) is 0 Å². The summed E-state index contributed by atoms with van der Waals surface area (Å²) in [6.07, 6.45) is 5.85. The number of hydrogen-bond acceptors (Lipinski definition) is 5. The van der Waals surface area contributed by atoms with Gasteiger partial charge in [-0.15, -0.1) is 0 Å². The van der Waals surface area contributed by atoms with Crippen LogP contribution in [0.15, 0.2) is 0 Å². The van der Waals surface area contributed by atoms with Crippen LogP contribution < -0.4 is 5.32 Å². The molecule has 0 aromatic heterocycles. The molecule has 0 saturated carbocycles. The topological polar surface area (TPSA) is 96.0 Å². The van der Waals surface area contributed by atoms with Crippen LogP contribution >= 0.6 is 0 Å². The molecule has 1 saturated heterocycles. The fraction of sp³-hybridized carbons (Fsp3) is 0.833. The van der Waals surface area contributed by atoms with Crippen LogP contribution in [-0.4, -0.2) is 79.7 Å². The normalized spacial score (nSPS) is 21.1. The smallest absolute Gasteiger partial charge is 0.241 e. The average Bonchev–Trinajstić information content (AvgIpc) is 2.81. The van der Waals surface area contributed by atoms with Crippen molar-refractivity contribution in [3.8, 4) is 0 Å². The van der Waals surface area contributed by atoms with Gasteiger partial charge in [0.15, 0.2) is 0 Å². The highest BCUT2D eigenvalue weighted by molar-refractivity contribution is 5.80. The minimum absolute atomic E-state index is 0.00491. The van der Waals surface area contributed by atoms with Gasteiger partial charge >= 0.3 is 0 Å². The first-order valence-corrected chi connectivity index (χ1v) is 12.0. The lowest BCUT2D eigenvalue weighted by atomic mass is 9.82. The summed E-state index contributed by atoms with van der Waals surface area (Å²) < 4.78 is 5.65. The molecule has 0 aliphatic carbocycles. The molecule has 8 heteroatoms. The third-order valence-electron chi connectivity index (χ3n) is 7.10. The highest BCUT2D eigenvalue weighted by Gasteiger charge is 2.38. The Labute approximate surface area is 193 Å². The number of rotatable bonds is 14. The summed E-state index contributed by atoms with van der Waals surface area (Å²) in [4.78, 5) is 51.8. The van der Waals surface area contributed by atoms with Gasteiger partial charge in [0.2, 0.25) is 18.2 Å². The fourth-order valence-electron chi connectivity index (χ4n) is 5.08. The number of carbonyl (C=O) groups is 4. The van der Waals surface area contributed by atoms with Crippen LogP contribution in [0.3, 0.4) is 0 Å². The van der Waals surface area contributed by atoms with E-state index in [0.717, 1.165) is 38.4 Å². The summed E-state index contributed by atoms with van der Waals surface area (Å²) >= 11 is 0. The zero-order chi connectivity index (χ0) is 24.3. The number of methoxy groups -OCH3 is 1. The van der Waals surface area contributed by atoms with Crippen molar-refractivity contribution in [1.82, 2.24) is 15.1 Å². The summed E-state index contributed by atoms with van der Waals surface area (Å²) in [6.45, 7) is 8.68. The lowest BCUT2D eigenvalue weighted by Gasteiger charge is -2.43. The third-order valence-corrected chi connectivity index (χ3v) is 7.10. The van der Waals surface area contributed by atoms with Gasteiger partial charge < -0.3 is 24.6 Å². The molecule has 0 radical (unpaired) electrons.